The van der Waals surface area contributed by atoms with Gasteiger partial charge in [-0.15, -0.1) is 11.3 Å². The number of aromatic nitrogens is 2. The monoisotopic (exact) mass is 223 g/mol. The molecule has 1 aliphatic rings. The maximum atomic E-state index is 5.33. The minimum atomic E-state index is 0.536. The molecule has 0 spiro atoms. The normalized spacial score (nSPS) is 18.4. The Hall–Kier alpha value is -1.07. The van der Waals surface area contributed by atoms with Crippen molar-refractivity contribution in [3.8, 4) is 0 Å². The summed E-state index contributed by atoms with van der Waals surface area (Å²) < 4.78 is 7.24. The van der Waals surface area contributed by atoms with E-state index >= 15 is 0 Å². The van der Waals surface area contributed by atoms with Gasteiger partial charge in [0, 0.05) is 30.8 Å². The second-order valence-electron chi connectivity index (χ2n) is 3.74. The van der Waals surface area contributed by atoms with E-state index in [-0.39, 0.29) is 0 Å². The number of nitrogens with one attached hydrogen (secondary N) is 1. The molecule has 3 rings (SSSR count). The summed E-state index contributed by atoms with van der Waals surface area (Å²) in [4.78, 5) is 1.20. The Morgan fingerprint density at radius 1 is 1.47 bits per heavy atom. The van der Waals surface area contributed by atoms with E-state index in [1.54, 1.807) is 11.3 Å². The van der Waals surface area contributed by atoms with E-state index in [0.29, 0.717) is 6.04 Å². The van der Waals surface area contributed by atoms with Crippen molar-refractivity contribution in [2.24, 2.45) is 0 Å². The molecule has 5 heteroatoms. The summed E-state index contributed by atoms with van der Waals surface area (Å²) in [6.45, 7) is 1.74. The summed E-state index contributed by atoms with van der Waals surface area (Å²) in [7, 11) is 0. The number of ether oxygens (including phenoxy) is 1. The van der Waals surface area contributed by atoms with Crippen LogP contribution in [0.4, 0.5) is 5.69 Å². The molecule has 0 aliphatic carbocycles. The number of hydrogen-bond acceptors (Lipinski definition) is 4. The van der Waals surface area contributed by atoms with E-state index < -0.39 is 0 Å². The number of fused-ring (bicyclic) bond motifs is 1. The van der Waals surface area contributed by atoms with Gasteiger partial charge in [0.15, 0.2) is 0 Å². The van der Waals surface area contributed by atoms with Crippen LogP contribution in [-0.4, -0.2) is 28.9 Å². The van der Waals surface area contributed by atoms with Crippen molar-refractivity contribution in [3.05, 3.63) is 17.8 Å². The van der Waals surface area contributed by atoms with Crippen LogP contribution in [0.3, 0.4) is 0 Å². The molecule has 80 valence electrons. The first-order chi connectivity index (χ1) is 7.43. The Kier molecular flexibility index (Phi) is 2.34. The van der Waals surface area contributed by atoms with Crippen molar-refractivity contribution >= 4 is 21.9 Å². The zero-order valence-electron chi connectivity index (χ0n) is 8.35. The Bertz CT molecular complexity index is 444. The van der Waals surface area contributed by atoms with Gasteiger partial charge in [-0.1, -0.05) is 0 Å². The van der Waals surface area contributed by atoms with Gasteiger partial charge in [0.1, 0.15) is 4.83 Å². The van der Waals surface area contributed by atoms with Crippen LogP contribution in [-0.2, 0) is 4.74 Å². The van der Waals surface area contributed by atoms with Gasteiger partial charge in [0.05, 0.1) is 11.9 Å². The summed E-state index contributed by atoms with van der Waals surface area (Å²) in [5.41, 5.74) is 1.15. The first-order valence-corrected chi connectivity index (χ1v) is 6.06. The quantitative estimate of drug-likeness (QED) is 0.846. The van der Waals surface area contributed by atoms with E-state index in [0.717, 1.165) is 31.7 Å². The fourth-order valence-corrected chi connectivity index (χ4v) is 2.65. The van der Waals surface area contributed by atoms with Crippen molar-refractivity contribution in [2.45, 2.75) is 18.9 Å². The lowest BCUT2D eigenvalue weighted by Crippen LogP contribution is -2.27. The Morgan fingerprint density at radius 2 is 2.33 bits per heavy atom. The van der Waals surface area contributed by atoms with Crippen LogP contribution in [0.25, 0.3) is 4.83 Å². The van der Waals surface area contributed by atoms with E-state index in [1.165, 1.54) is 4.83 Å². The molecule has 2 aromatic heterocycles. The first kappa shape index (κ1) is 9.18. The summed E-state index contributed by atoms with van der Waals surface area (Å²) in [6.07, 6.45) is 6.06. The minimum Gasteiger partial charge on any atom is -0.381 e. The lowest BCUT2D eigenvalue weighted by atomic mass is 10.1. The molecule has 15 heavy (non-hydrogen) atoms. The van der Waals surface area contributed by atoms with Gasteiger partial charge < -0.3 is 10.1 Å². The Balaban J connectivity index is 1.79. The van der Waals surface area contributed by atoms with Gasteiger partial charge in [0.2, 0.25) is 0 Å². The zero-order valence-corrected chi connectivity index (χ0v) is 9.17. The number of anilines is 1. The third-order valence-electron chi connectivity index (χ3n) is 2.71. The van der Waals surface area contributed by atoms with Gasteiger partial charge >= 0.3 is 0 Å². The molecule has 0 atom stereocenters. The Morgan fingerprint density at radius 3 is 3.20 bits per heavy atom. The SMILES string of the molecule is c1cn2ncc(NC3CCOCC3)c2s1. The topological polar surface area (TPSA) is 38.6 Å². The highest BCUT2D eigenvalue weighted by atomic mass is 32.1. The average Bonchev–Trinajstić information content (AvgIpc) is 2.85. The molecule has 1 fully saturated rings. The summed E-state index contributed by atoms with van der Waals surface area (Å²) >= 11 is 1.72. The maximum absolute atomic E-state index is 5.33. The van der Waals surface area contributed by atoms with Crippen LogP contribution in [0.1, 0.15) is 12.8 Å². The van der Waals surface area contributed by atoms with Crippen molar-refractivity contribution < 1.29 is 4.74 Å². The van der Waals surface area contributed by atoms with Gasteiger partial charge in [-0.2, -0.15) is 5.10 Å². The second-order valence-corrected chi connectivity index (χ2v) is 4.64. The zero-order chi connectivity index (χ0) is 10.1. The molecule has 3 heterocycles. The molecule has 2 aromatic rings. The third-order valence-corrected chi connectivity index (χ3v) is 3.60. The molecule has 0 bridgehead atoms. The number of rotatable bonds is 2. The molecular weight excluding hydrogens is 210 g/mol. The molecule has 4 nitrogen and oxygen atoms in total. The third kappa shape index (κ3) is 1.72. The highest BCUT2D eigenvalue weighted by Crippen LogP contribution is 2.23. The fourth-order valence-electron chi connectivity index (χ4n) is 1.89. The van der Waals surface area contributed by atoms with Crippen LogP contribution in [0.15, 0.2) is 17.8 Å². The molecule has 0 radical (unpaired) electrons. The van der Waals surface area contributed by atoms with Gasteiger partial charge in [-0.3, -0.25) is 0 Å². The summed E-state index contributed by atoms with van der Waals surface area (Å²) in [5.74, 6) is 0. The predicted molar refractivity (Wildman–Crippen MR) is 60.5 cm³/mol. The summed E-state index contributed by atoms with van der Waals surface area (Å²) in [5, 5.41) is 9.87. The molecule has 0 unspecified atom stereocenters. The Labute approximate surface area is 91.9 Å². The molecule has 1 saturated heterocycles. The lowest BCUT2D eigenvalue weighted by Gasteiger charge is -2.23. The van der Waals surface area contributed by atoms with Crippen LogP contribution in [0, 0.1) is 0 Å². The van der Waals surface area contributed by atoms with E-state index in [1.807, 2.05) is 16.9 Å². The van der Waals surface area contributed by atoms with Crippen LogP contribution in [0.5, 0.6) is 0 Å². The average molecular weight is 223 g/mol. The van der Waals surface area contributed by atoms with Gasteiger partial charge in [-0.25, -0.2) is 4.52 Å². The van der Waals surface area contributed by atoms with Gasteiger partial charge in [0.25, 0.3) is 0 Å². The standard InChI is InChI=1S/C10H13N3OS/c1-4-14-5-2-8(1)12-9-7-11-13-3-6-15-10(9)13/h3,6-8,12H,1-2,4-5H2. The highest BCUT2D eigenvalue weighted by molar-refractivity contribution is 7.16. The lowest BCUT2D eigenvalue weighted by molar-refractivity contribution is 0.0905. The molecule has 0 aromatic carbocycles. The molecular formula is C10H13N3OS. The van der Waals surface area contributed by atoms with Crippen molar-refractivity contribution in [1.29, 1.82) is 0 Å². The number of nitrogens with zero attached hydrogens (tertiary/aromatic N) is 2. The second kappa shape index (κ2) is 3.83. The van der Waals surface area contributed by atoms with Crippen molar-refractivity contribution in [3.63, 3.8) is 0 Å². The van der Waals surface area contributed by atoms with E-state index in [9.17, 15) is 0 Å². The number of hydrogen-bond donors (Lipinski definition) is 1. The van der Waals surface area contributed by atoms with E-state index in [4.69, 9.17) is 4.74 Å². The van der Waals surface area contributed by atoms with Gasteiger partial charge in [-0.05, 0) is 12.8 Å². The molecule has 0 saturated carbocycles. The highest BCUT2D eigenvalue weighted by Gasteiger charge is 2.15. The molecule has 0 amide bonds. The molecule has 1 aliphatic heterocycles. The van der Waals surface area contributed by atoms with E-state index in [2.05, 4.69) is 15.8 Å². The maximum Gasteiger partial charge on any atom is 0.142 e. The van der Waals surface area contributed by atoms with Crippen LogP contribution < -0.4 is 5.32 Å². The van der Waals surface area contributed by atoms with Crippen molar-refractivity contribution in [1.82, 2.24) is 9.61 Å². The fraction of sp³-hybridized carbons (Fsp3) is 0.500. The number of thiazole rings is 1. The largest absolute Gasteiger partial charge is 0.381 e. The minimum absolute atomic E-state index is 0.536. The predicted octanol–water partition coefficient (Wildman–Crippen LogP) is 1.99. The van der Waals surface area contributed by atoms with Crippen LogP contribution >= 0.6 is 11.3 Å². The van der Waals surface area contributed by atoms with Crippen LogP contribution in [0.2, 0.25) is 0 Å². The molecule has 1 N–H and O–H groups in total. The first-order valence-electron chi connectivity index (χ1n) is 5.18. The van der Waals surface area contributed by atoms with Crippen molar-refractivity contribution in [2.75, 3.05) is 18.5 Å². The smallest absolute Gasteiger partial charge is 0.142 e. The summed E-state index contributed by atoms with van der Waals surface area (Å²) in [6, 6.07) is 0.536.